The molecule has 0 radical (unpaired) electrons. The Bertz CT molecular complexity index is 964. The smallest absolute Gasteiger partial charge is 0.266 e. The summed E-state index contributed by atoms with van der Waals surface area (Å²) in [4.78, 5) is 15.5. The lowest BCUT2D eigenvalue weighted by molar-refractivity contribution is 0.627. The molecular weight excluding hydrogens is 334 g/mol. The highest BCUT2D eigenvalue weighted by molar-refractivity contribution is 7.71. The summed E-state index contributed by atoms with van der Waals surface area (Å²) in [5.41, 5.74) is 0.514. The molecule has 2 aromatic carbocycles. The summed E-state index contributed by atoms with van der Waals surface area (Å²) in [7, 11) is 0. The van der Waals surface area contributed by atoms with E-state index in [-0.39, 0.29) is 10.3 Å². The molecule has 0 atom stereocenters. The first kappa shape index (κ1) is 14.3. The third-order valence-corrected chi connectivity index (χ3v) is 3.81. The van der Waals surface area contributed by atoms with Crippen molar-refractivity contribution in [3.05, 3.63) is 67.4 Å². The van der Waals surface area contributed by atoms with Gasteiger partial charge in [-0.15, -0.1) is 0 Å². The first-order chi connectivity index (χ1) is 9.97. The molecule has 0 aliphatic carbocycles. The number of hydrogen-bond acceptors (Lipinski definition) is 2. The Labute approximate surface area is 133 Å². The van der Waals surface area contributed by atoms with Crippen LogP contribution in [0.1, 0.15) is 0 Å². The van der Waals surface area contributed by atoms with Crippen LogP contribution in [0, 0.1) is 10.6 Å². The summed E-state index contributed by atoms with van der Waals surface area (Å²) in [6.07, 6.45) is 0. The average molecular weight is 341 g/mol. The number of nitrogens with zero attached hydrogens (tertiary/aromatic N) is 1. The van der Waals surface area contributed by atoms with Gasteiger partial charge in [0.15, 0.2) is 4.77 Å². The molecule has 1 aromatic heterocycles. The third-order valence-electron chi connectivity index (χ3n) is 3.01. The van der Waals surface area contributed by atoms with Gasteiger partial charge in [-0.25, -0.2) is 4.39 Å². The number of H-pyrrole nitrogens is 1. The van der Waals surface area contributed by atoms with Crippen molar-refractivity contribution in [3.63, 3.8) is 0 Å². The molecule has 0 bridgehead atoms. The molecule has 3 rings (SSSR count). The monoisotopic (exact) mass is 340 g/mol. The minimum absolute atomic E-state index is 0.170. The number of aromatic nitrogens is 2. The zero-order valence-corrected chi connectivity index (χ0v) is 12.7. The number of nitrogens with one attached hydrogen (secondary N) is 1. The molecule has 0 saturated carbocycles. The van der Waals surface area contributed by atoms with Crippen molar-refractivity contribution in [1.29, 1.82) is 0 Å². The summed E-state index contributed by atoms with van der Waals surface area (Å²) in [6.45, 7) is 0. The van der Waals surface area contributed by atoms with E-state index in [0.717, 1.165) is 0 Å². The molecule has 3 nitrogen and oxygen atoms in total. The van der Waals surface area contributed by atoms with Crippen molar-refractivity contribution in [2.75, 3.05) is 0 Å². The number of aromatic amines is 1. The fraction of sp³-hybridized carbons (Fsp3) is 0. The normalized spacial score (nSPS) is 11.0. The molecule has 7 heteroatoms. The quantitative estimate of drug-likeness (QED) is 0.662. The Morgan fingerprint density at radius 1 is 1.14 bits per heavy atom. The second-order valence-electron chi connectivity index (χ2n) is 4.36. The summed E-state index contributed by atoms with van der Waals surface area (Å²) in [5, 5.41) is 0.971. The second kappa shape index (κ2) is 5.26. The van der Waals surface area contributed by atoms with Gasteiger partial charge in [0.05, 0.1) is 21.6 Å². The summed E-state index contributed by atoms with van der Waals surface area (Å²) >= 11 is 17.2. The second-order valence-corrected chi connectivity index (χ2v) is 5.59. The number of halogens is 3. The van der Waals surface area contributed by atoms with Gasteiger partial charge in [-0.3, -0.25) is 9.36 Å². The molecule has 0 fully saturated rings. The van der Waals surface area contributed by atoms with Crippen LogP contribution in [0.25, 0.3) is 16.6 Å². The summed E-state index contributed by atoms with van der Waals surface area (Å²) in [6, 6.07) is 8.49. The Balaban J connectivity index is 2.42. The van der Waals surface area contributed by atoms with E-state index in [1.807, 2.05) is 0 Å². The van der Waals surface area contributed by atoms with Crippen LogP contribution in [0.4, 0.5) is 4.39 Å². The van der Waals surface area contributed by atoms with Gasteiger partial charge in [0, 0.05) is 5.02 Å². The van der Waals surface area contributed by atoms with Crippen LogP contribution >= 0.6 is 35.4 Å². The van der Waals surface area contributed by atoms with Gasteiger partial charge in [-0.05, 0) is 48.6 Å². The largest absolute Gasteiger partial charge is 0.330 e. The lowest BCUT2D eigenvalue weighted by Crippen LogP contribution is -2.20. The van der Waals surface area contributed by atoms with Crippen molar-refractivity contribution in [1.82, 2.24) is 9.55 Å². The maximum atomic E-state index is 13.0. The van der Waals surface area contributed by atoms with E-state index in [1.54, 1.807) is 0 Å². The average Bonchev–Trinajstić information content (AvgIpc) is 2.42. The van der Waals surface area contributed by atoms with E-state index >= 15 is 0 Å². The topological polar surface area (TPSA) is 37.8 Å². The molecule has 0 unspecified atom stereocenters. The predicted octanol–water partition coefficient (Wildman–Crippen LogP) is 4.49. The van der Waals surface area contributed by atoms with Crippen molar-refractivity contribution in [3.8, 4) is 5.69 Å². The Hall–Kier alpha value is -1.69. The Morgan fingerprint density at radius 2 is 1.81 bits per heavy atom. The van der Waals surface area contributed by atoms with E-state index in [9.17, 15) is 9.18 Å². The van der Waals surface area contributed by atoms with Crippen molar-refractivity contribution < 1.29 is 4.39 Å². The molecule has 21 heavy (non-hydrogen) atoms. The number of rotatable bonds is 1. The molecule has 0 amide bonds. The molecule has 1 N–H and O–H groups in total. The number of hydrogen-bond donors (Lipinski definition) is 1. The molecule has 0 saturated heterocycles. The minimum Gasteiger partial charge on any atom is -0.330 e. The van der Waals surface area contributed by atoms with E-state index in [4.69, 9.17) is 35.4 Å². The summed E-state index contributed by atoms with van der Waals surface area (Å²) < 4.78 is 14.4. The van der Waals surface area contributed by atoms with Gasteiger partial charge in [-0.2, -0.15) is 0 Å². The SMILES string of the molecule is O=c1c2cc(Cl)cc(Cl)c2[nH]c(=S)n1-c1ccc(F)cc1. The maximum absolute atomic E-state index is 13.0. The zero-order valence-electron chi connectivity index (χ0n) is 10.4. The minimum atomic E-state index is -0.395. The van der Waals surface area contributed by atoms with Crippen molar-refractivity contribution >= 4 is 46.3 Å². The first-order valence-electron chi connectivity index (χ1n) is 5.87. The fourth-order valence-electron chi connectivity index (χ4n) is 2.07. The highest BCUT2D eigenvalue weighted by atomic mass is 35.5. The van der Waals surface area contributed by atoms with Gasteiger partial charge in [0.1, 0.15) is 5.82 Å². The highest BCUT2D eigenvalue weighted by Gasteiger charge is 2.11. The standard InChI is InChI=1S/C14H7Cl2FN2OS/c15-7-5-10-12(11(16)6-7)18-14(21)19(13(10)20)9-3-1-8(17)2-4-9/h1-6H,(H,18,21). The van der Waals surface area contributed by atoms with Gasteiger partial charge in [0.2, 0.25) is 0 Å². The van der Waals surface area contributed by atoms with Crippen molar-refractivity contribution in [2.45, 2.75) is 0 Å². The molecular formula is C14H7Cl2FN2OS. The molecule has 1 heterocycles. The van der Waals surface area contributed by atoms with Crippen LogP contribution < -0.4 is 5.56 Å². The fourth-order valence-corrected chi connectivity index (χ4v) is 2.90. The molecule has 106 valence electrons. The van der Waals surface area contributed by atoms with Crippen LogP contribution in [0.3, 0.4) is 0 Å². The van der Waals surface area contributed by atoms with Crippen LogP contribution in [0.2, 0.25) is 10.0 Å². The molecule has 0 aliphatic heterocycles. The lowest BCUT2D eigenvalue weighted by atomic mass is 10.2. The van der Waals surface area contributed by atoms with E-state index in [0.29, 0.717) is 26.6 Å². The number of fused-ring (bicyclic) bond motifs is 1. The van der Waals surface area contributed by atoms with Crippen molar-refractivity contribution in [2.24, 2.45) is 0 Å². The van der Waals surface area contributed by atoms with Gasteiger partial charge in [-0.1, -0.05) is 23.2 Å². The molecule has 3 aromatic rings. The molecule has 0 spiro atoms. The maximum Gasteiger partial charge on any atom is 0.266 e. The van der Waals surface area contributed by atoms with Crippen LogP contribution in [0.15, 0.2) is 41.2 Å². The zero-order chi connectivity index (χ0) is 15.1. The Morgan fingerprint density at radius 3 is 2.48 bits per heavy atom. The van der Waals surface area contributed by atoms with Crippen LogP contribution in [-0.2, 0) is 0 Å². The van der Waals surface area contributed by atoms with E-state index in [2.05, 4.69) is 4.98 Å². The Kier molecular flexibility index (Phi) is 3.57. The van der Waals surface area contributed by atoms with E-state index < -0.39 is 5.82 Å². The van der Waals surface area contributed by atoms with E-state index in [1.165, 1.54) is 41.0 Å². The first-order valence-corrected chi connectivity index (χ1v) is 7.04. The van der Waals surface area contributed by atoms with Gasteiger partial charge < -0.3 is 4.98 Å². The lowest BCUT2D eigenvalue weighted by Gasteiger charge is -2.09. The summed E-state index contributed by atoms with van der Waals surface area (Å²) in [5.74, 6) is -0.395. The van der Waals surface area contributed by atoms with Gasteiger partial charge >= 0.3 is 0 Å². The third kappa shape index (κ3) is 2.48. The number of benzene rings is 2. The van der Waals surface area contributed by atoms with Crippen LogP contribution in [0.5, 0.6) is 0 Å². The van der Waals surface area contributed by atoms with Crippen LogP contribution in [-0.4, -0.2) is 9.55 Å². The molecule has 0 aliphatic rings. The highest BCUT2D eigenvalue weighted by Crippen LogP contribution is 2.24. The predicted molar refractivity (Wildman–Crippen MR) is 84.7 cm³/mol. The van der Waals surface area contributed by atoms with Gasteiger partial charge in [0.25, 0.3) is 5.56 Å².